The van der Waals surface area contributed by atoms with Crippen molar-refractivity contribution in [2.45, 2.75) is 44.3 Å². The Morgan fingerprint density at radius 3 is 3.13 bits per heavy atom. The monoisotopic (exact) mass is 227 g/mol. The predicted octanol–water partition coefficient (Wildman–Crippen LogP) is 3.16. The maximum atomic E-state index is 13.8. The summed E-state index contributed by atoms with van der Waals surface area (Å²) in [5.41, 5.74) is 0. The Bertz CT molecular complexity index is 267. The van der Waals surface area contributed by atoms with Crippen LogP contribution in [0.5, 0.6) is 0 Å². The number of hydrogen-bond acceptors (Lipinski definition) is 2. The number of halogens is 1. The highest BCUT2D eigenvalue weighted by Gasteiger charge is 2.22. The van der Waals surface area contributed by atoms with E-state index in [0.717, 1.165) is 19.4 Å². The Labute approximate surface area is 94.7 Å². The summed E-state index contributed by atoms with van der Waals surface area (Å²) in [6, 6.07) is 4.23. The van der Waals surface area contributed by atoms with Crippen molar-refractivity contribution in [1.29, 1.82) is 0 Å². The summed E-state index contributed by atoms with van der Waals surface area (Å²) in [6.07, 6.45) is 4.26. The molecule has 84 valence electrons. The lowest BCUT2D eigenvalue weighted by Crippen LogP contribution is -2.41. The Balaban J connectivity index is 1.74. The minimum atomic E-state index is -0.674. The number of piperidine rings is 1. The molecule has 2 rings (SSSR count). The molecule has 1 nitrogen and oxygen atoms in total. The van der Waals surface area contributed by atoms with Crippen LogP contribution in [0.4, 0.5) is 4.39 Å². The zero-order chi connectivity index (χ0) is 10.5. The molecule has 1 saturated heterocycles. The van der Waals surface area contributed by atoms with Gasteiger partial charge in [-0.05, 0) is 43.7 Å². The predicted molar refractivity (Wildman–Crippen MR) is 63.2 cm³/mol. The van der Waals surface area contributed by atoms with Crippen LogP contribution in [0, 0.1) is 0 Å². The zero-order valence-electron chi connectivity index (χ0n) is 8.92. The molecule has 1 aromatic rings. The van der Waals surface area contributed by atoms with Crippen LogP contribution in [0.2, 0.25) is 0 Å². The summed E-state index contributed by atoms with van der Waals surface area (Å²) >= 11 is 1.72. The largest absolute Gasteiger partial charge is 0.311 e. The van der Waals surface area contributed by atoms with Gasteiger partial charge in [0.05, 0.1) is 0 Å². The molecule has 1 aromatic heterocycles. The molecular weight excluding hydrogens is 209 g/mol. The smallest absolute Gasteiger partial charge is 0.116 e. The average molecular weight is 227 g/mol. The van der Waals surface area contributed by atoms with Crippen LogP contribution in [0.1, 0.15) is 30.6 Å². The van der Waals surface area contributed by atoms with E-state index in [-0.39, 0.29) is 6.04 Å². The Morgan fingerprint density at radius 1 is 1.53 bits per heavy atom. The van der Waals surface area contributed by atoms with Gasteiger partial charge in [0.2, 0.25) is 0 Å². The van der Waals surface area contributed by atoms with Crippen molar-refractivity contribution in [3.63, 3.8) is 0 Å². The average Bonchev–Trinajstić information content (AvgIpc) is 2.80. The van der Waals surface area contributed by atoms with E-state index in [9.17, 15) is 4.39 Å². The highest BCUT2D eigenvalue weighted by atomic mass is 32.1. The van der Waals surface area contributed by atoms with Gasteiger partial charge in [0.25, 0.3) is 0 Å². The standard InChI is InChI=1S/C12H18FNS/c13-11(12-5-1-2-8-14-12)7-6-10-4-3-9-15-10/h3-4,9,11-12,14H,1-2,5-8H2. The van der Waals surface area contributed by atoms with E-state index >= 15 is 0 Å². The first-order chi connectivity index (χ1) is 7.36. The normalized spacial score (nSPS) is 23.9. The summed E-state index contributed by atoms with van der Waals surface area (Å²) in [5, 5.41) is 5.33. The van der Waals surface area contributed by atoms with Gasteiger partial charge in [-0.25, -0.2) is 4.39 Å². The second-order valence-corrected chi connectivity index (χ2v) is 5.22. The molecule has 0 radical (unpaired) electrons. The van der Waals surface area contributed by atoms with Gasteiger partial charge in [0, 0.05) is 10.9 Å². The highest BCUT2D eigenvalue weighted by Crippen LogP contribution is 2.19. The number of thiophene rings is 1. The molecular formula is C12H18FNS. The van der Waals surface area contributed by atoms with Gasteiger partial charge in [-0.1, -0.05) is 12.5 Å². The molecule has 1 aliphatic rings. The topological polar surface area (TPSA) is 12.0 Å². The lowest BCUT2D eigenvalue weighted by atomic mass is 9.98. The van der Waals surface area contributed by atoms with Crippen molar-refractivity contribution >= 4 is 11.3 Å². The molecule has 1 fully saturated rings. The summed E-state index contributed by atoms with van der Waals surface area (Å²) < 4.78 is 13.8. The molecule has 3 heteroatoms. The lowest BCUT2D eigenvalue weighted by Gasteiger charge is -2.26. The quantitative estimate of drug-likeness (QED) is 0.833. The highest BCUT2D eigenvalue weighted by molar-refractivity contribution is 7.09. The van der Waals surface area contributed by atoms with Crippen LogP contribution in [0.25, 0.3) is 0 Å². The maximum Gasteiger partial charge on any atom is 0.116 e. The van der Waals surface area contributed by atoms with E-state index in [1.54, 1.807) is 11.3 Å². The van der Waals surface area contributed by atoms with Gasteiger partial charge in [-0.15, -0.1) is 11.3 Å². The van der Waals surface area contributed by atoms with E-state index in [4.69, 9.17) is 0 Å². The zero-order valence-corrected chi connectivity index (χ0v) is 9.73. The van der Waals surface area contributed by atoms with Gasteiger partial charge in [-0.2, -0.15) is 0 Å². The third kappa shape index (κ3) is 3.28. The fourth-order valence-corrected chi connectivity index (χ4v) is 2.85. The Morgan fingerprint density at radius 2 is 2.47 bits per heavy atom. The van der Waals surface area contributed by atoms with Gasteiger partial charge in [0.1, 0.15) is 6.17 Å². The van der Waals surface area contributed by atoms with Gasteiger partial charge in [-0.3, -0.25) is 0 Å². The number of nitrogens with one attached hydrogen (secondary N) is 1. The van der Waals surface area contributed by atoms with Crippen molar-refractivity contribution < 1.29 is 4.39 Å². The first-order valence-electron chi connectivity index (χ1n) is 5.76. The summed E-state index contributed by atoms with van der Waals surface area (Å²) in [6.45, 7) is 0.990. The summed E-state index contributed by atoms with van der Waals surface area (Å²) in [5.74, 6) is 0. The molecule has 0 aliphatic carbocycles. The van der Waals surface area contributed by atoms with Crippen LogP contribution in [-0.4, -0.2) is 18.8 Å². The fourth-order valence-electron chi connectivity index (χ4n) is 2.12. The number of aryl methyl sites for hydroxylation is 1. The summed E-state index contributed by atoms with van der Waals surface area (Å²) in [7, 11) is 0. The fraction of sp³-hybridized carbons (Fsp3) is 0.667. The molecule has 0 spiro atoms. The van der Waals surface area contributed by atoms with Gasteiger partial charge < -0.3 is 5.32 Å². The third-order valence-corrected chi connectivity index (χ3v) is 3.97. The summed E-state index contributed by atoms with van der Waals surface area (Å²) in [4.78, 5) is 1.30. The lowest BCUT2D eigenvalue weighted by molar-refractivity contribution is 0.207. The van der Waals surface area contributed by atoms with Crippen molar-refractivity contribution in [2.24, 2.45) is 0 Å². The molecule has 0 bridgehead atoms. The minimum absolute atomic E-state index is 0.110. The van der Waals surface area contributed by atoms with Gasteiger partial charge >= 0.3 is 0 Å². The van der Waals surface area contributed by atoms with E-state index in [2.05, 4.69) is 16.8 Å². The molecule has 2 unspecified atom stereocenters. The van der Waals surface area contributed by atoms with E-state index in [1.165, 1.54) is 17.7 Å². The maximum absolute atomic E-state index is 13.8. The first kappa shape index (κ1) is 11.1. The van der Waals surface area contributed by atoms with Crippen LogP contribution in [-0.2, 0) is 6.42 Å². The van der Waals surface area contributed by atoms with Crippen LogP contribution >= 0.6 is 11.3 Å². The van der Waals surface area contributed by atoms with Crippen LogP contribution in [0.15, 0.2) is 17.5 Å². The van der Waals surface area contributed by atoms with E-state index < -0.39 is 6.17 Å². The molecule has 1 aliphatic heterocycles. The van der Waals surface area contributed by atoms with E-state index in [1.807, 2.05) is 6.07 Å². The molecule has 0 aromatic carbocycles. The second kappa shape index (κ2) is 5.61. The molecule has 15 heavy (non-hydrogen) atoms. The van der Waals surface area contributed by atoms with E-state index in [0.29, 0.717) is 6.42 Å². The molecule has 0 amide bonds. The molecule has 2 atom stereocenters. The Hall–Kier alpha value is -0.410. The molecule has 2 heterocycles. The van der Waals surface area contributed by atoms with Crippen molar-refractivity contribution in [1.82, 2.24) is 5.32 Å². The van der Waals surface area contributed by atoms with Crippen molar-refractivity contribution in [3.05, 3.63) is 22.4 Å². The van der Waals surface area contributed by atoms with Crippen LogP contribution in [0.3, 0.4) is 0 Å². The van der Waals surface area contributed by atoms with Crippen LogP contribution < -0.4 is 5.32 Å². The van der Waals surface area contributed by atoms with Crippen molar-refractivity contribution in [2.75, 3.05) is 6.54 Å². The molecule has 1 N–H and O–H groups in total. The third-order valence-electron chi connectivity index (χ3n) is 3.03. The number of alkyl halides is 1. The second-order valence-electron chi connectivity index (χ2n) is 4.19. The van der Waals surface area contributed by atoms with Gasteiger partial charge in [0.15, 0.2) is 0 Å². The first-order valence-corrected chi connectivity index (χ1v) is 6.64. The van der Waals surface area contributed by atoms with Crippen molar-refractivity contribution in [3.8, 4) is 0 Å². The number of rotatable bonds is 4. The Kier molecular flexibility index (Phi) is 4.15. The SMILES string of the molecule is FC(CCc1cccs1)C1CCCCN1. The minimum Gasteiger partial charge on any atom is -0.311 e. The molecule has 0 saturated carbocycles. The number of hydrogen-bond donors (Lipinski definition) is 1.